The molecule has 0 radical (unpaired) electrons. The molecule has 0 aromatic rings. The molecule has 7 heteroatoms. The first-order valence-electron chi connectivity index (χ1n) is 4.37. The maximum Gasteiger partial charge on any atom is 0.389 e. The van der Waals surface area contributed by atoms with Gasteiger partial charge < -0.3 is 5.11 Å². The third-order valence-electron chi connectivity index (χ3n) is 1.69. The van der Waals surface area contributed by atoms with Crippen LogP contribution in [0, 0.1) is 5.92 Å². The molecule has 15 heavy (non-hydrogen) atoms. The van der Waals surface area contributed by atoms with Gasteiger partial charge >= 0.3 is 12.1 Å². The van der Waals surface area contributed by atoms with Gasteiger partial charge in [-0.2, -0.15) is 13.2 Å². The van der Waals surface area contributed by atoms with Gasteiger partial charge in [0.2, 0.25) is 0 Å². The Balaban J connectivity index is 3.72. The largest absolute Gasteiger partial charge is 0.481 e. The maximum absolute atomic E-state index is 11.7. The van der Waals surface area contributed by atoms with Crippen LogP contribution in [-0.2, 0) is 15.6 Å². The van der Waals surface area contributed by atoms with E-state index in [0.29, 0.717) is 0 Å². The topological polar surface area (TPSA) is 54.4 Å². The standard InChI is InChI=1S/C8H13F3O3S/c1-6(7(12)13)5-15(14)4-2-3-8(9,10)11/h6H,2-5H2,1H3,(H,12,13). The maximum atomic E-state index is 11.7. The third kappa shape index (κ3) is 8.41. The van der Waals surface area contributed by atoms with Gasteiger partial charge in [0.25, 0.3) is 0 Å². The first-order valence-corrected chi connectivity index (χ1v) is 5.85. The van der Waals surface area contributed by atoms with Gasteiger partial charge in [0.05, 0.1) is 5.92 Å². The summed E-state index contributed by atoms with van der Waals surface area (Å²) >= 11 is 0. The number of halogens is 3. The molecule has 0 heterocycles. The monoisotopic (exact) mass is 246 g/mol. The Bertz CT molecular complexity index is 240. The van der Waals surface area contributed by atoms with E-state index in [2.05, 4.69) is 0 Å². The smallest absolute Gasteiger partial charge is 0.389 e. The predicted octanol–water partition coefficient (Wildman–Crippen LogP) is 1.80. The molecule has 0 aliphatic carbocycles. The highest BCUT2D eigenvalue weighted by molar-refractivity contribution is 7.85. The lowest BCUT2D eigenvalue weighted by Gasteiger charge is -2.07. The van der Waals surface area contributed by atoms with Crippen molar-refractivity contribution in [2.75, 3.05) is 11.5 Å². The second kappa shape index (κ2) is 6.09. The van der Waals surface area contributed by atoms with Crippen LogP contribution in [-0.4, -0.2) is 33.0 Å². The molecule has 0 fully saturated rings. The van der Waals surface area contributed by atoms with E-state index in [0.717, 1.165) is 0 Å². The lowest BCUT2D eigenvalue weighted by molar-refractivity contribution is -0.140. The Labute approximate surface area is 88.1 Å². The molecule has 1 N–H and O–H groups in total. The van der Waals surface area contributed by atoms with Crippen LogP contribution in [0.5, 0.6) is 0 Å². The number of carboxylic acids is 1. The van der Waals surface area contributed by atoms with E-state index in [1.165, 1.54) is 6.92 Å². The molecule has 0 bridgehead atoms. The Morgan fingerprint density at radius 3 is 2.40 bits per heavy atom. The predicted molar refractivity (Wildman–Crippen MR) is 50.0 cm³/mol. The SMILES string of the molecule is CC(CS(=O)CCCC(F)(F)F)C(=O)O. The third-order valence-corrected chi connectivity index (χ3v) is 3.31. The van der Waals surface area contributed by atoms with Crippen LogP contribution in [0.4, 0.5) is 13.2 Å². The summed E-state index contributed by atoms with van der Waals surface area (Å²) < 4.78 is 46.2. The van der Waals surface area contributed by atoms with Gasteiger partial charge in [-0.05, 0) is 6.42 Å². The number of hydrogen-bond acceptors (Lipinski definition) is 2. The van der Waals surface area contributed by atoms with E-state index < -0.39 is 35.3 Å². The molecule has 0 aromatic heterocycles. The van der Waals surface area contributed by atoms with E-state index >= 15 is 0 Å². The molecule has 0 amide bonds. The minimum atomic E-state index is -4.23. The minimum Gasteiger partial charge on any atom is -0.481 e. The van der Waals surface area contributed by atoms with Gasteiger partial charge in [0.1, 0.15) is 0 Å². The summed E-state index contributed by atoms with van der Waals surface area (Å²) in [5.41, 5.74) is 0. The highest BCUT2D eigenvalue weighted by Gasteiger charge is 2.26. The number of carbonyl (C=O) groups is 1. The lowest BCUT2D eigenvalue weighted by atomic mass is 10.2. The van der Waals surface area contributed by atoms with Crippen LogP contribution < -0.4 is 0 Å². The molecule has 0 spiro atoms. The van der Waals surface area contributed by atoms with E-state index in [1.54, 1.807) is 0 Å². The number of rotatable bonds is 6. The van der Waals surface area contributed by atoms with Gasteiger partial charge in [0.15, 0.2) is 0 Å². The second-order valence-corrected chi connectivity index (χ2v) is 4.89. The fourth-order valence-electron chi connectivity index (χ4n) is 0.867. The summed E-state index contributed by atoms with van der Waals surface area (Å²) in [6.45, 7) is 1.38. The van der Waals surface area contributed by atoms with Gasteiger partial charge in [0, 0.05) is 28.7 Å². The first kappa shape index (κ1) is 14.4. The Morgan fingerprint density at radius 1 is 1.47 bits per heavy atom. The summed E-state index contributed by atoms with van der Waals surface area (Å²) in [5, 5.41) is 8.47. The fourth-order valence-corrected chi connectivity index (χ4v) is 2.20. The molecule has 0 aromatic carbocycles. The molecule has 0 aliphatic rings. The van der Waals surface area contributed by atoms with Gasteiger partial charge in [-0.15, -0.1) is 0 Å². The van der Waals surface area contributed by atoms with Crippen LogP contribution in [0.15, 0.2) is 0 Å². The van der Waals surface area contributed by atoms with Crippen molar-refractivity contribution >= 4 is 16.8 Å². The zero-order chi connectivity index (χ0) is 12.1. The van der Waals surface area contributed by atoms with Gasteiger partial charge in [-0.25, -0.2) is 0 Å². The van der Waals surface area contributed by atoms with Crippen molar-refractivity contribution in [3.05, 3.63) is 0 Å². The summed E-state index contributed by atoms with van der Waals surface area (Å²) in [6, 6.07) is 0. The van der Waals surface area contributed by atoms with Crippen molar-refractivity contribution in [2.24, 2.45) is 5.92 Å². The Hall–Kier alpha value is -0.590. The number of aliphatic carboxylic acids is 1. The molecule has 0 aliphatic heterocycles. The van der Waals surface area contributed by atoms with Crippen molar-refractivity contribution in [2.45, 2.75) is 25.9 Å². The van der Waals surface area contributed by atoms with Crippen molar-refractivity contribution in [1.29, 1.82) is 0 Å². The number of hydrogen-bond donors (Lipinski definition) is 1. The highest BCUT2D eigenvalue weighted by Crippen LogP contribution is 2.21. The summed E-state index contributed by atoms with van der Waals surface area (Å²) in [4.78, 5) is 10.4. The zero-order valence-corrected chi connectivity index (χ0v) is 9.03. The van der Waals surface area contributed by atoms with Crippen molar-refractivity contribution in [3.63, 3.8) is 0 Å². The molecule has 3 nitrogen and oxygen atoms in total. The van der Waals surface area contributed by atoms with Crippen molar-refractivity contribution in [3.8, 4) is 0 Å². The quantitative estimate of drug-likeness (QED) is 0.777. The van der Waals surface area contributed by atoms with Gasteiger partial charge in [-0.1, -0.05) is 6.92 Å². The highest BCUT2D eigenvalue weighted by atomic mass is 32.2. The first-order chi connectivity index (χ1) is 6.72. The van der Waals surface area contributed by atoms with Gasteiger partial charge in [-0.3, -0.25) is 9.00 Å². The molecule has 2 atom stereocenters. The Morgan fingerprint density at radius 2 is 2.00 bits per heavy atom. The van der Waals surface area contributed by atoms with E-state index in [9.17, 15) is 22.2 Å². The fraction of sp³-hybridized carbons (Fsp3) is 0.875. The van der Waals surface area contributed by atoms with Crippen LogP contribution in [0.25, 0.3) is 0 Å². The lowest BCUT2D eigenvalue weighted by Crippen LogP contribution is -2.19. The van der Waals surface area contributed by atoms with E-state index in [-0.39, 0.29) is 17.9 Å². The van der Waals surface area contributed by atoms with Crippen LogP contribution in [0.2, 0.25) is 0 Å². The molecule has 0 saturated carbocycles. The zero-order valence-electron chi connectivity index (χ0n) is 8.21. The Kier molecular flexibility index (Phi) is 5.85. The average Bonchev–Trinajstić information content (AvgIpc) is 2.01. The second-order valence-electron chi connectivity index (χ2n) is 3.27. The normalized spacial score (nSPS) is 16.0. The number of alkyl halides is 3. The average molecular weight is 246 g/mol. The molecule has 2 unspecified atom stereocenters. The summed E-state index contributed by atoms with van der Waals surface area (Å²) in [6.07, 6.45) is -5.43. The molecule has 90 valence electrons. The molecule has 0 rings (SSSR count). The molecule has 0 saturated heterocycles. The van der Waals surface area contributed by atoms with Crippen molar-refractivity contribution < 1.29 is 27.3 Å². The summed E-state index contributed by atoms with van der Waals surface area (Å²) in [5.74, 6) is -2.06. The van der Waals surface area contributed by atoms with Crippen LogP contribution >= 0.6 is 0 Å². The van der Waals surface area contributed by atoms with E-state index in [4.69, 9.17) is 5.11 Å². The molecular formula is C8H13F3O3S. The number of carboxylic acid groups (broad SMARTS) is 1. The summed E-state index contributed by atoms with van der Waals surface area (Å²) in [7, 11) is -1.49. The van der Waals surface area contributed by atoms with E-state index in [1.807, 2.05) is 0 Å². The molecular weight excluding hydrogens is 233 g/mol. The minimum absolute atomic E-state index is 0.0901. The van der Waals surface area contributed by atoms with Crippen LogP contribution in [0.1, 0.15) is 19.8 Å². The van der Waals surface area contributed by atoms with Crippen molar-refractivity contribution in [1.82, 2.24) is 0 Å². The van der Waals surface area contributed by atoms with Crippen LogP contribution in [0.3, 0.4) is 0 Å².